The van der Waals surface area contributed by atoms with Crippen molar-refractivity contribution in [1.29, 1.82) is 0 Å². The van der Waals surface area contributed by atoms with Crippen molar-refractivity contribution in [1.82, 2.24) is 0 Å². The van der Waals surface area contributed by atoms with Crippen LogP contribution in [0.5, 0.6) is 0 Å². The van der Waals surface area contributed by atoms with Crippen LogP contribution in [0.25, 0.3) is 10.4 Å². The lowest BCUT2D eigenvalue weighted by molar-refractivity contribution is 0.568. The van der Waals surface area contributed by atoms with Crippen molar-refractivity contribution in [3.8, 4) is 0 Å². The second-order valence-corrected chi connectivity index (χ2v) is 3.31. The first kappa shape index (κ1) is 10.6. The van der Waals surface area contributed by atoms with Gasteiger partial charge in [-0.05, 0) is 35.9 Å². The van der Waals surface area contributed by atoms with Gasteiger partial charge in [0.1, 0.15) is 0 Å². The first-order valence-corrected chi connectivity index (χ1v) is 4.54. The third-order valence-electron chi connectivity index (χ3n) is 2.53. The molecule has 1 aromatic rings. The van der Waals surface area contributed by atoms with Crippen molar-refractivity contribution in [3.05, 3.63) is 45.8 Å². The third-order valence-corrected chi connectivity index (χ3v) is 2.53. The summed E-state index contributed by atoms with van der Waals surface area (Å²) in [5.41, 5.74) is 11.0. The lowest BCUT2D eigenvalue weighted by Gasteiger charge is -2.21. The molecule has 0 spiro atoms. The van der Waals surface area contributed by atoms with E-state index in [0.717, 1.165) is 19.3 Å². The van der Waals surface area contributed by atoms with Gasteiger partial charge < -0.3 is 0 Å². The zero-order chi connectivity index (χ0) is 9.10. The Bertz CT molecular complexity index is 353. The molecule has 0 amide bonds. The van der Waals surface area contributed by atoms with Gasteiger partial charge in [-0.15, -0.1) is 0 Å². The number of azide groups is 1. The normalized spacial score (nSPS) is 18.7. The lowest BCUT2D eigenvalue weighted by atomic mass is 9.88. The zero-order valence-electron chi connectivity index (χ0n) is 7.35. The fourth-order valence-corrected chi connectivity index (χ4v) is 1.91. The Morgan fingerprint density at radius 2 is 2.14 bits per heavy atom. The molecule has 1 atom stereocenters. The number of hydrogen-bond acceptors (Lipinski definition) is 1. The first-order chi connectivity index (χ1) is 6.42. The number of rotatable bonds is 1. The molecule has 3 heteroatoms. The number of benzene rings is 1. The Morgan fingerprint density at radius 1 is 1.36 bits per heavy atom. The Hall–Kier alpha value is -1.47. The molecule has 1 aromatic carbocycles. The molecule has 2 rings (SSSR count). The largest absolute Gasteiger partial charge is 0.0859 e. The van der Waals surface area contributed by atoms with Crippen LogP contribution in [0.3, 0.4) is 0 Å². The molecule has 0 radical (unpaired) electrons. The van der Waals surface area contributed by atoms with Crippen LogP contribution in [-0.2, 0) is 6.42 Å². The van der Waals surface area contributed by atoms with Crippen LogP contribution in [0, 0.1) is 0 Å². The number of nitrogens with zero attached hydrogens (tertiary/aromatic N) is 3. The second-order valence-electron chi connectivity index (χ2n) is 3.31. The van der Waals surface area contributed by atoms with Gasteiger partial charge in [0.15, 0.2) is 0 Å². The maximum Gasteiger partial charge on any atom is 0.0628 e. The zero-order valence-corrected chi connectivity index (χ0v) is 7.35. The van der Waals surface area contributed by atoms with Crippen LogP contribution < -0.4 is 0 Å². The average molecular weight is 189 g/mol. The molecule has 1 aliphatic carbocycles. The van der Waals surface area contributed by atoms with Gasteiger partial charge in [0, 0.05) is 4.91 Å². The van der Waals surface area contributed by atoms with Crippen molar-refractivity contribution in [2.75, 3.05) is 0 Å². The highest BCUT2D eigenvalue weighted by atomic mass is 15.1. The van der Waals surface area contributed by atoms with E-state index in [0.29, 0.717) is 0 Å². The minimum Gasteiger partial charge on any atom is -0.0859 e. The monoisotopic (exact) mass is 189 g/mol. The van der Waals surface area contributed by atoms with E-state index in [-0.39, 0.29) is 13.5 Å². The van der Waals surface area contributed by atoms with Crippen LogP contribution in [0.15, 0.2) is 29.4 Å². The lowest BCUT2D eigenvalue weighted by Crippen LogP contribution is -2.06. The van der Waals surface area contributed by atoms with Gasteiger partial charge in [0.05, 0.1) is 6.04 Å². The minimum absolute atomic E-state index is 0. The Morgan fingerprint density at radius 3 is 2.93 bits per heavy atom. The second kappa shape index (κ2) is 4.68. The molecular formula is C11H15N3. The van der Waals surface area contributed by atoms with E-state index in [1.165, 1.54) is 11.1 Å². The van der Waals surface area contributed by atoms with Crippen molar-refractivity contribution < 1.29 is 0 Å². The molecule has 1 aliphatic rings. The van der Waals surface area contributed by atoms with E-state index in [4.69, 9.17) is 5.53 Å². The highest BCUT2D eigenvalue weighted by Crippen LogP contribution is 2.32. The summed E-state index contributed by atoms with van der Waals surface area (Å²) in [5.74, 6) is 0. The fourth-order valence-electron chi connectivity index (χ4n) is 1.91. The molecule has 0 heterocycles. The highest BCUT2D eigenvalue weighted by molar-refractivity contribution is 5.32. The summed E-state index contributed by atoms with van der Waals surface area (Å²) in [5, 5.41) is 3.81. The summed E-state index contributed by atoms with van der Waals surface area (Å²) in [7, 11) is 0. The summed E-state index contributed by atoms with van der Waals surface area (Å²) < 4.78 is 0. The molecule has 74 valence electrons. The molecule has 0 saturated carbocycles. The SMILES string of the molecule is C.[N-]=[N+]=N[C@@H]1CCCc2ccccc21. The van der Waals surface area contributed by atoms with Gasteiger partial charge >= 0.3 is 0 Å². The van der Waals surface area contributed by atoms with Gasteiger partial charge in [-0.25, -0.2) is 0 Å². The summed E-state index contributed by atoms with van der Waals surface area (Å²) in [6, 6.07) is 8.29. The highest BCUT2D eigenvalue weighted by Gasteiger charge is 2.17. The van der Waals surface area contributed by atoms with E-state index in [9.17, 15) is 0 Å². The molecule has 0 N–H and O–H groups in total. The van der Waals surface area contributed by atoms with Crippen molar-refractivity contribution in [2.45, 2.75) is 32.7 Å². The van der Waals surface area contributed by atoms with Gasteiger partial charge in [-0.3, -0.25) is 0 Å². The molecule has 0 fully saturated rings. The van der Waals surface area contributed by atoms with Crippen molar-refractivity contribution in [3.63, 3.8) is 0 Å². The number of hydrogen-bond donors (Lipinski definition) is 0. The first-order valence-electron chi connectivity index (χ1n) is 4.54. The topological polar surface area (TPSA) is 48.8 Å². The Balaban J connectivity index is 0.000000980. The van der Waals surface area contributed by atoms with Gasteiger partial charge in [0.2, 0.25) is 0 Å². The summed E-state index contributed by atoms with van der Waals surface area (Å²) >= 11 is 0. The smallest absolute Gasteiger partial charge is 0.0628 e. The van der Waals surface area contributed by atoms with E-state index in [2.05, 4.69) is 22.2 Å². The standard InChI is InChI=1S/C10H11N3.CH4/c11-13-12-10-7-3-5-8-4-1-2-6-9(8)10;/h1-2,4,6,10H,3,5,7H2;1H4/t10-;/m1./s1. The Kier molecular flexibility index (Phi) is 3.55. The predicted molar refractivity (Wildman–Crippen MR) is 58.0 cm³/mol. The van der Waals surface area contributed by atoms with Gasteiger partial charge in [0.25, 0.3) is 0 Å². The summed E-state index contributed by atoms with van der Waals surface area (Å²) in [6.45, 7) is 0. The molecular weight excluding hydrogens is 174 g/mol. The van der Waals surface area contributed by atoms with E-state index < -0.39 is 0 Å². The van der Waals surface area contributed by atoms with Gasteiger partial charge in [-0.2, -0.15) is 0 Å². The maximum atomic E-state index is 8.40. The summed E-state index contributed by atoms with van der Waals surface area (Å²) in [4.78, 5) is 2.88. The van der Waals surface area contributed by atoms with Crippen LogP contribution in [-0.4, -0.2) is 0 Å². The Labute approximate surface area is 84.4 Å². The predicted octanol–water partition coefficient (Wildman–Crippen LogP) is 4.01. The van der Waals surface area contributed by atoms with Crippen molar-refractivity contribution >= 4 is 0 Å². The van der Waals surface area contributed by atoms with Crippen LogP contribution >= 0.6 is 0 Å². The minimum atomic E-state index is 0. The molecule has 0 aliphatic heterocycles. The molecule has 0 bridgehead atoms. The quantitative estimate of drug-likeness (QED) is 0.364. The number of fused-ring (bicyclic) bond motifs is 1. The maximum absolute atomic E-state index is 8.40. The third kappa shape index (κ3) is 1.88. The fraction of sp³-hybridized carbons (Fsp3) is 0.455. The van der Waals surface area contributed by atoms with Crippen LogP contribution in [0.1, 0.15) is 37.4 Å². The summed E-state index contributed by atoms with van der Waals surface area (Å²) in [6.07, 6.45) is 3.23. The van der Waals surface area contributed by atoms with E-state index in [1.807, 2.05) is 12.1 Å². The average Bonchev–Trinajstić information content (AvgIpc) is 2.19. The molecule has 0 aromatic heterocycles. The number of aryl methyl sites for hydroxylation is 1. The molecule has 14 heavy (non-hydrogen) atoms. The molecule has 3 nitrogen and oxygen atoms in total. The van der Waals surface area contributed by atoms with Gasteiger partial charge in [-0.1, -0.05) is 36.8 Å². The van der Waals surface area contributed by atoms with E-state index >= 15 is 0 Å². The van der Waals surface area contributed by atoms with E-state index in [1.54, 1.807) is 0 Å². The van der Waals surface area contributed by atoms with Crippen molar-refractivity contribution in [2.24, 2.45) is 5.11 Å². The molecule has 0 saturated heterocycles. The van der Waals surface area contributed by atoms with Crippen LogP contribution in [0.4, 0.5) is 0 Å². The van der Waals surface area contributed by atoms with Crippen LogP contribution in [0.2, 0.25) is 0 Å². The molecule has 0 unspecified atom stereocenters.